The van der Waals surface area contributed by atoms with Gasteiger partial charge in [0.1, 0.15) is 5.52 Å². The topological polar surface area (TPSA) is 39.9 Å². The number of hydrogen-bond donors (Lipinski definition) is 0. The molecule has 118 valence electrons. The maximum Gasteiger partial charge on any atom is 0.178 e. The quantitative estimate of drug-likeness (QED) is 0.661. The van der Waals surface area contributed by atoms with Crippen molar-refractivity contribution in [3.05, 3.63) is 71.3 Å². The third kappa shape index (κ3) is 3.48. The third-order valence-corrected chi connectivity index (χ3v) is 3.71. The summed E-state index contributed by atoms with van der Waals surface area (Å²) in [5, 5.41) is 8.56. The van der Waals surface area contributed by atoms with Gasteiger partial charge in [0.25, 0.3) is 0 Å². The lowest BCUT2D eigenvalue weighted by Gasteiger charge is -2.18. The smallest absolute Gasteiger partial charge is 0.178 e. The molecule has 0 radical (unpaired) electrons. The molecule has 4 heteroatoms. The van der Waals surface area contributed by atoms with E-state index in [1.165, 1.54) is 11.1 Å². The van der Waals surface area contributed by atoms with Crippen LogP contribution in [0.4, 0.5) is 0 Å². The predicted molar refractivity (Wildman–Crippen MR) is 92.2 cm³/mol. The first-order valence-corrected chi connectivity index (χ1v) is 7.76. The van der Waals surface area contributed by atoms with E-state index in [-0.39, 0.29) is 6.23 Å². The van der Waals surface area contributed by atoms with E-state index in [4.69, 9.17) is 4.74 Å². The van der Waals surface area contributed by atoms with Crippen LogP contribution >= 0.6 is 0 Å². The van der Waals surface area contributed by atoms with Crippen LogP contribution in [-0.2, 0) is 4.74 Å². The van der Waals surface area contributed by atoms with Crippen molar-refractivity contribution in [2.75, 3.05) is 6.61 Å². The molecular formula is C19H21N3O. The van der Waals surface area contributed by atoms with Crippen LogP contribution in [0.3, 0.4) is 0 Å². The lowest BCUT2D eigenvalue weighted by molar-refractivity contribution is 0.0441. The van der Waals surface area contributed by atoms with Gasteiger partial charge in [-0.3, -0.25) is 0 Å². The molecule has 3 rings (SSSR count). The van der Waals surface area contributed by atoms with E-state index in [9.17, 15) is 0 Å². The van der Waals surface area contributed by atoms with Gasteiger partial charge < -0.3 is 4.74 Å². The van der Waals surface area contributed by atoms with Crippen molar-refractivity contribution in [1.82, 2.24) is 15.0 Å². The summed E-state index contributed by atoms with van der Waals surface area (Å²) >= 11 is 0. The molecule has 1 unspecified atom stereocenters. The Morgan fingerprint density at radius 1 is 1.13 bits per heavy atom. The summed E-state index contributed by atoms with van der Waals surface area (Å²) in [4.78, 5) is 0. The fourth-order valence-electron chi connectivity index (χ4n) is 2.41. The van der Waals surface area contributed by atoms with E-state index in [0.29, 0.717) is 6.61 Å². The summed E-state index contributed by atoms with van der Waals surface area (Å²) in [7, 11) is 0. The standard InChI is InChI=1S/C19H21N3O/c1-14(2)12-13-23-19(16-10-8-15(3)9-11-16)22-18-7-5-4-6-17(18)20-21-22/h4-12,19H,13H2,1-3H3. The van der Waals surface area contributed by atoms with Gasteiger partial charge in [-0.25, -0.2) is 4.68 Å². The third-order valence-electron chi connectivity index (χ3n) is 3.71. The summed E-state index contributed by atoms with van der Waals surface area (Å²) in [5.41, 5.74) is 5.36. The fraction of sp³-hybridized carbons (Fsp3) is 0.263. The normalized spacial score (nSPS) is 12.3. The molecule has 0 N–H and O–H groups in total. The van der Waals surface area contributed by atoms with E-state index < -0.39 is 0 Å². The molecule has 1 atom stereocenters. The molecule has 0 saturated heterocycles. The minimum atomic E-state index is -0.293. The second kappa shape index (κ2) is 6.75. The molecule has 23 heavy (non-hydrogen) atoms. The second-order valence-electron chi connectivity index (χ2n) is 5.90. The van der Waals surface area contributed by atoms with Gasteiger partial charge in [-0.05, 0) is 32.9 Å². The Kier molecular flexibility index (Phi) is 4.53. The number of benzene rings is 2. The molecule has 0 saturated carbocycles. The minimum absolute atomic E-state index is 0.293. The first-order chi connectivity index (χ1) is 11.1. The lowest BCUT2D eigenvalue weighted by atomic mass is 10.1. The molecule has 1 aromatic heterocycles. The van der Waals surface area contributed by atoms with Crippen molar-refractivity contribution in [2.45, 2.75) is 27.0 Å². The van der Waals surface area contributed by atoms with Gasteiger partial charge in [-0.2, -0.15) is 0 Å². The summed E-state index contributed by atoms with van der Waals surface area (Å²) in [6, 6.07) is 16.3. The summed E-state index contributed by atoms with van der Waals surface area (Å²) < 4.78 is 7.96. The number of para-hydroxylation sites is 1. The van der Waals surface area contributed by atoms with Crippen LogP contribution in [-0.4, -0.2) is 21.6 Å². The van der Waals surface area contributed by atoms with Gasteiger partial charge in [-0.1, -0.05) is 58.8 Å². The zero-order chi connectivity index (χ0) is 16.2. The molecule has 0 amide bonds. The summed E-state index contributed by atoms with van der Waals surface area (Å²) in [5.74, 6) is 0. The van der Waals surface area contributed by atoms with Crippen LogP contribution in [0, 0.1) is 6.92 Å². The second-order valence-corrected chi connectivity index (χ2v) is 5.90. The number of fused-ring (bicyclic) bond motifs is 1. The zero-order valence-corrected chi connectivity index (χ0v) is 13.7. The molecule has 0 aliphatic heterocycles. The van der Waals surface area contributed by atoms with E-state index >= 15 is 0 Å². The van der Waals surface area contributed by atoms with E-state index in [1.807, 2.05) is 28.9 Å². The number of nitrogens with zero attached hydrogens (tertiary/aromatic N) is 3. The Hall–Kier alpha value is -2.46. The molecule has 0 bridgehead atoms. The van der Waals surface area contributed by atoms with Crippen molar-refractivity contribution < 1.29 is 4.74 Å². The Morgan fingerprint density at radius 3 is 2.61 bits per heavy atom. The summed E-state index contributed by atoms with van der Waals surface area (Å²) in [6.45, 7) is 6.74. The number of rotatable bonds is 5. The number of aryl methyl sites for hydroxylation is 1. The highest BCUT2D eigenvalue weighted by Gasteiger charge is 2.18. The van der Waals surface area contributed by atoms with Crippen LogP contribution in [0.25, 0.3) is 11.0 Å². The highest BCUT2D eigenvalue weighted by atomic mass is 16.5. The molecule has 0 fully saturated rings. The minimum Gasteiger partial charge on any atom is -0.348 e. The summed E-state index contributed by atoms with van der Waals surface area (Å²) in [6.07, 6.45) is 1.78. The van der Waals surface area contributed by atoms with E-state index in [2.05, 4.69) is 61.4 Å². The Morgan fingerprint density at radius 2 is 1.87 bits per heavy atom. The van der Waals surface area contributed by atoms with E-state index in [1.54, 1.807) is 0 Å². The average molecular weight is 307 g/mol. The molecule has 4 nitrogen and oxygen atoms in total. The number of ether oxygens (including phenoxy) is 1. The Labute approximate surface area is 136 Å². The van der Waals surface area contributed by atoms with Crippen LogP contribution < -0.4 is 0 Å². The van der Waals surface area contributed by atoms with Gasteiger partial charge in [-0.15, -0.1) is 5.10 Å². The SMILES string of the molecule is CC(C)=CCOC(c1ccc(C)cc1)n1nnc2ccccc21. The highest BCUT2D eigenvalue weighted by Crippen LogP contribution is 2.24. The fourth-order valence-corrected chi connectivity index (χ4v) is 2.41. The first kappa shape index (κ1) is 15.4. The van der Waals surface area contributed by atoms with Crippen molar-refractivity contribution in [3.8, 4) is 0 Å². The van der Waals surface area contributed by atoms with Crippen molar-refractivity contribution in [2.24, 2.45) is 0 Å². The molecule has 2 aromatic carbocycles. The average Bonchev–Trinajstić information content (AvgIpc) is 2.96. The molecule has 0 aliphatic carbocycles. The van der Waals surface area contributed by atoms with Crippen LogP contribution in [0.2, 0.25) is 0 Å². The van der Waals surface area contributed by atoms with Crippen molar-refractivity contribution >= 4 is 11.0 Å². The van der Waals surface area contributed by atoms with Crippen molar-refractivity contribution in [3.63, 3.8) is 0 Å². The molecule has 0 spiro atoms. The number of aromatic nitrogens is 3. The number of hydrogen-bond acceptors (Lipinski definition) is 3. The van der Waals surface area contributed by atoms with Crippen LogP contribution in [0.5, 0.6) is 0 Å². The largest absolute Gasteiger partial charge is 0.348 e. The first-order valence-electron chi connectivity index (χ1n) is 7.76. The van der Waals surface area contributed by atoms with E-state index in [0.717, 1.165) is 16.6 Å². The molecule has 0 aliphatic rings. The zero-order valence-electron chi connectivity index (χ0n) is 13.7. The maximum absolute atomic E-state index is 6.12. The van der Waals surface area contributed by atoms with Gasteiger partial charge in [0, 0.05) is 5.56 Å². The van der Waals surface area contributed by atoms with Crippen LogP contribution in [0.1, 0.15) is 31.2 Å². The van der Waals surface area contributed by atoms with Gasteiger partial charge in [0.05, 0.1) is 12.1 Å². The molecule has 1 heterocycles. The van der Waals surface area contributed by atoms with Gasteiger partial charge in [0.2, 0.25) is 0 Å². The highest BCUT2D eigenvalue weighted by molar-refractivity contribution is 5.74. The Bertz CT molecular complexity index is 814. The van der Waals surface area contributed by atoms with Crippen LogP contribution in [0.15, 0.2) is 60.2 Å². The monoisotopic (exact) mass is 307 g/mol. The number of allylic oxidation sites excluding steroid dienone is 1. The Balaban J connectivity index is 2.00. The maximum atomic E-state index is 6.12. The molecular weight excluding hydrogens is 286 g/mol. The van der Waals surface area contributed by atoms with Gasteiger partial charge in [0.15, 0.2) is 6.23 Å². The predicted octanol–water partition coefficient (Wildman–Crippen LogP) is 4.27. The molecule has 3 aromatic rings. The van der Waals surface area contributed by atoms with Crippen molar-refractivity contribution in [1.29, 1.82) is 0 Å². The van der Waals surface area contributed by atoms with Gasteiger partial charge >= 0.3 is 0 Å². The lowest BCUT2D eigenvalue weighted by Crippen LogP contribution is -2.16.